The molecule has 0 unspecified atom stereocenters. The van der Waals surface area contributed by atoms with Gasteiger partial charge in [0.15, 0.2) is 0 Å². The van der Waals surface area contributed by atoms with Crippen LogP contribution in [-0.4, -0.2) is 15.6 Å². The monoisotopic (exact) mass is 271 g/mol. The Bertz CT molecular complexity index is 586. The van der Waals surface area contributed by atoms with Crippen LogP contribution < -0.4 is 5.32 Å². The lowest BCUT2D eigenvalue weighted by Gasteiger charge is -2.17. The van der Waals surface area contributed by atoms with Gasteiger partial charge in [0.1, 0.15) is 6.33 Å². The van der Waals surface area contributed by atoms with Crippen LogP contribution in [0, 0.1) is 0 Å². The zero-order chi connectivity index (χ0) is 14.7. The van der Waals surface area contributed by atoms with E-state index < -0.39 is 0 Å². The molecule has 2 aromatic rings. The van der Waals surface area contributed by atoms with Crippen LogP contribution in [0.15, 0.2) is 36.9 Å². The predicted molar refractivity (Wildman–Crippen MR) is 81.3 cm³/mol. The van der Waals surface area contributed by atoms with Gasteiger partial charge in [-0.05, 0) is 29.0 Å². The third-order valence-electron chi connectivity index (χ3n) is 3.34. The summed E-state index contributed by atoms with van der Waals surface area (Å²) < 4.78 is 1.43. The van der Waals surface area contributed by atoms with Crippen LogP contribution in [0.3, 0.4) is 0 Å². The molecule has 0 aliphatic rings. The maximum absolute atomic E-state index is 12.1. The topological polar surface area (TPSA) is 46.9 Å². The second-order valence-corrected chi connectivity index (χ2v) is 5.56. The number of imidazole rings is 1. The highest BCUT2D eigenvalue weighted by Crippen LogP contribution is 2.28. The number of carbonyl (C=O) groups excluding carboxylic acids is 1. The first-order chi connectivity index (χ1) is 9.49. The van der Waals surface area contributed by atoms with E-state index in [1.807, 2.05) is 6.07 Å². The van der Waals surface area contributed by atoms with Crippen molar-refractivity contribution in [2.75, 3.05) is 5.32 Å². The highest BCUT2D eigenvalue weighted by atomic mass is 16.2. The highest BCUT2D eigenvalue weighted by Gasteiger charge is 2.12. The van der Waals surface area contributed by atoms with Crippen LogP contribution in [0.5, 0.6) is 0 Å². The van der Waals surface area contributed by atoms with Crippen molar-refractivity contribution < 1.29 is 4.79 Å². The van der Waals surface area contributed by atoms with Gasteiger partial charge in [-0.25, -0.2) is 9.78 Å². The van der Waals surface area contributed by atoms with Crippen LogP contribution in [0.4, 0.5) is 10.5 Å². The average molecular weight is 271 g/mol. The summed E-state index contributed by atoms with van der Waals surface area (Å²) >= 11 is 0. The summed E-state index contributed by atoms with van der Waals surface area (Å²) in [7, 11) is 0. The second kappa shape index (κ2) is 5.90. The maximum atomic E-state index is 12.1. The quantitative estimate of drug-likeness (QED) is 0.909. The van der Waals surface area contributed by atoms with Gasteiger partial charge in [-0.3, -0.25) is 4.57 Å². The molecule has 0 spiro atoms. The number of aromatic nitrogens is 2. The van der Waals surface area contributed by atoms with E-state index in [1.165, 1.54) is 16.5 Å². The van der Waals surface area contributed by atoms with Crippen molar-refractivity contribution in [2.24, 2.45) is 0 Å². The van der Waals surface area contributed by atoms with E-state index in [4.69, 9.17) is 0 Å². The fourth-order valence-corrected chi connectivity index (χ4v) is 2.09. The number of amides is 1. The molecule has 0 aliphatic heterocycles. The highest BCUT2D eigenvalue weighted by molar-refractivity contribution is 5.91. The van der Waals surface area contributed by atoms with Crippen molar-refractivity contribution in [3.05, 3.63) is 48.0 Å². The van der Waals surface area contributed by atoms with Gasteiger partial charge in [-0.15, -0.1) is 0 Å². The van der Waals surface area contributed by atoms with Gasteiger partial charge in [0.05, 0.1) is 0 Å². The van der Waals surface area contributed by atoms with Crippen LogP contribution >= 0.6 is 0 Å². The third-order valence-corrected chi connectivity index (χ3v) is 3.34. The zero-order valence-electron chi connectivity index (χ0n) is 12.4. The molecule has 1 N–H and O–H groups in total. The fourth-order valence-electron chi connectivity index (χ4n) is 2.09. The number of benzene rings is 1. The van der Waals surface area contributed by atoms with Gasteiger partial charge in [0.25, 0.3) is 0 Å². The van der Waals surface area contributed by atoms with Crippen molar-refractivity contribution in [2.45, 2.75) is 39.5 Å². The van der Waals surface area contributed by atoms with Crippen LogP contribution in [0.1, 0.15) is 50.7 Å². The number of carbonyl (C=O) groups is 1. The Hall–Kier alpha value is -2.10. The first kappa shape index (κ1) is 14.3. The SMILES string of the molecule is CC(C)c1ccc(NC(=O)n2ccnc2)c(C(C)C)c1. The standard InChI is InChI=1S/C16H21N3O/c1-11(2)13-5-6-15(14(9-13)12(3)4)18-16(20)19-8-7-17-10-19/h5-12H,1-4H3,(H,18,20). The van der Waals surface area contributed by atoms with Gasteiger partial charge in [-0.2, -0.15) is 0 Å². The Morgan fingerprint density at radius 2 is 1.95 bits per heavy atom. The molecule has 0 radical (unpaired) electrons. The smallest absolute Gasteiger partial charge is 0.307 e. The molecule has 4 heteroatoms. The number of nitrogens with zero attached hydrogens (tertiary/aromatic N) is 2. The minimum atomic E-state index is -0.193. The normalized spacial score (nSPS) is 11.1. The summed E-state index contributed by atoms with van der Waals surface area (Å²) in [4.78, 5) is 16.0. The minimum absolute atomic E-state index is 0.193. The number of hydrogen-bond acceptors (Lipinski definition) is 2. The molecule has 106 valence electrons. The first-order valence-electron chi connectivity index (χ1n) is 6.92. The average Bonchev–Trinajstić information content (AvgIpc) is 2.92. The third kappa shape index (κ3) is 3.07. The molecule has 0 saturated carbocycles. The number of nitrogens with one attached hydrogen (secondary N) is 1. The van der Waals surface area contributed by atoms with Crippen molar-refractivity contribution in [3.8, 4) is 0 Å². The first-order valence-corrected chi connectivity index (χ1v) is 6.92. The van der Waals surface area contributed by atoms with Crippen molar-refractivity contribution in [1.29, 1.82) is 0 Å². The van der Waals surface area contributed by atoms with Crippen molar-refractivity contribution >= 4 is 11.7 Å². The number of rotatable bonds is 3. The van der Waals surface area contributed by atoms with Gasteiger partial charge in [-0.1, -0.05) is 39.8 Å². The lowest BCUT2D eigenvalue weighted by atomic mass is 9.94. The van der Waals surface area contributed by atoms with E-state index in [2.05, 4.69) is 50.1 Å². The molecule has 0 bridgehead atoms. The van der Waals surface area contributed by atoms with Crippen LogP contribution in [-0.2, 0) is 0 Å². The van der Waals surface area contributed by atoms with Gasteiger partial charge in [0, 0.05) is 18.1 Å². The summed E-state index contributed by atoms with van der Waals surface area (Å²) in [6.45, 7) is 8.60. The number of hydrogen-bond donors (Lipinski definition) is 1. The summed E-state index contributed by atoms with van der Waals surface area (Å²) in [5, 5.41) is 2.94. The van der Waals surface area contributed by atoms with Crippen molar-refractivity contribution in [1.82, 2.24) is 9.55 Å². The van der Waals surface area contributed by atoms with E-state index in [0.29, 0.717) is 11.8 Å². The largest absolute Gasteiger partial charge is 0.331 e. The molecule has 1 aromatic carbocycles. The van der Waals surface area contributed by atoms with E-state index in [1.54, 1.807) is 12.4 Å². The van der Waals surface area contributed by atoms with Crippen LogP contribution in [0.2, 0.25) is 0 Å². The molecule has 0 atom stereocenters. The van der Waals surface area contributed by atoms with E-state index in [9.17, 15) is 4.79 Å². The predicted octanol–water partition coefficient (Wildman–Crippen LogP) is 4.21. The molecule has 2 rings (SSSR count). The summed E-state index contributed by atoms with van der Waals surface area (Å²) in [6, 6.07) is 6.04. The Morgan fingerprint density at radius 1 is 1.20 bits per heavy atom. The summed E-state index contributed by atoms with van der Waals surface area (Å²) in [5.41, 5.74) is 3.31. The lowest BCUT2D eigenvalue weighted by Crippen LogP contribution is -2.19. The Labute approximate surface area is 119 Å². The Morgan fingerprint density at radius 3 is 2.50 bits per heavy atom. The molecule has 0 aliphatic carbocycles. The minimum Gasteiger partial charge on any atom is -0.307 e. The molecule has 0 fully saturated rings. The molecule has 0 saturated heterocycles. The lowest BCUT2D eigenvalue weighted by molar-refractivity contribution is 0.253. The van der Waals surface area contributed by atoms with E-state index in [-0.39, 0.29) is 6.03 Å². The molecule has 4 nitrogen and oxygen atoms in total. The molecule has 1 aromatic heterocycles. The second-order valence-electron chi connectivity index (χ2n) is 5.56. The summed E-state index contributed by atoms with van der Waals surface area (Å²) in [6.07, 6.45) is 4.71. The number of anilines is 1. The van der Waals surface area contributed by atoms with Gasteiger partial charge in [0.2, 0.25) is 0 Å². The fraction of sp³-hybridized carbons (Fsp3) is 0.375. The molecule has 1 heterocycles. The zero-order valence-corrected chi connectivity index (χ0v) is 12.4. The maximum Gasteiger partial charge on any atom is 0.331 e. The van der Waals surface area contributed by atoms with Crippen LogP contribution in [0.25, 0.3) is 0 Å². The van der Waals surface area contributed by atoms with E-state index >= 15 is 0 Å². The molecule has 1 amide bonds. The Balaban J connectivity index is 2.29. The Kier molecular flexibility index (Phi) is 4.23. The van der Waals surface area contributed by atoms with Crippen molar-refractivity contribution in [3.63, 3.8) is 0 Å². The molecular formula is C16H21N3O. The summed E-state index contributed by atoms with van der Waals surface area (Å²) in [5.74, 6) is 0.831. The molecule has 20 heavy (non-hydrogen) atoms. The van der Waals surface area contributed by atoms with Gasteiger partial charge >= 0.3 is 6.03 Å². The molecular weight excluding hydrogens is 250 g/mol. The van der Waals surface area contributed by atoms with E-state index in [0.717, 1.165) is 11.3 Å². The van der Waals surface area contributed by atoms with Gasteiger partial charge < -0.3 is 5.32 Å².